The average molecular weight is 329 g/mol. The second-order valence-corrected chi connectivity index (χ2v) is 6.04. The van der Waals surface area contributed by atoms with Gasteiger partial charge >= 0.3 is 0 Å². The number of ether oxygens (including phenoxy) is 1. The molecule has 0 aliphatic carbocycles. The van der Waals surface area contributed by atoms with E-state index in [0.29, 0.717) is 0 Å². The van der Waals surface area contributed by atoms with Gasteiger partial charge in [-0.1, -0.05) is 78.4 Å². The molecule has 0 heterocycles. The van der Waals surface area contributed by atoms with Crippen LogP contribution in [0.5, 0.6) is 5.75 Å². The van der Waals surface area contributed by atoms with Crippen LogP contribution in [0.15, 0.2) is 84.4 Å². The van der Waals surface area contributed by atoms with Gasteiger partial charge in [0.1, 0.15) is 5.75 Å². The van der Waals surface area contributed by atoms with Crippen molar-refractivity contribution in [2.24, 2.45) is 0 Å². The molecule has 0 saturated heterocycles. The summed E-state index contributed by atoms with van der Waals surface area (Å²) in [5.74, 6) is 0.854. The summed E-state index contributed by atoms with van der Waals surface area (Å²) in [5, 5.41) is 3.50. The zero-order valence-corrected chi connectivity index (χ0v) is 14.7. The van der Waals surface area contributed by atoms with Crippen LogP contribution in [0, 0.1) is 0 Å². The lowest BCUT2D eigenvalue weighted by molar-refractivity contribution is 0.416. The molecule has 0 aliphatic heterocycles. The van der Waals surface area contributed by atoms with Crippen molar-refractivity contribution in [2.45, 2.75) is 6.92 Å². The van der Waals surface area contributed by atoms with E-state index < -0.39 is 0 Å². The summed E-state index contributed by atoms with van der Waals surface area (Å²) in [7, 11) is 1.70. The first-order chi connectivity index (χ1) is 12.3. The van der Waals surface area contributed by atoms with E-state index in [2.05, 4.69) is 79.0 Å². The molecule has 2 heteroatoms. The Balaban J connectivity index is 1.78. The van der Waals surface area contributed by atoms with Crippen LogP contribution < -0.4 is 10.1 Å². The summed E-state index contributed by atoms with van der Waals surface area (Å²) in [4.78, 5) is 0. The Hall–Kier alpha value is -3.00. The molecular weight excluding hydrogens is 306 g/mol. The van der Waals surface area contributed by atoms with Crippen LogP contribution in [0.25, 0.3) is 17.2 Å². The molecule has 1 N–H and O–H groups in total. The molecule has 0 fully saturated rings. The number of methoxy groups -OCH3 is 1. The van der Waals surface area contributed by atoms with Crippen LogP contribution in [0.4, 0.5) is 5.69 Å². The van der Waals surface area contributed by atoms with Gasteiger partial charge in [-0.3, -0.25) is 0 Å². The molecular formula is C23H23NO. The number of hydrogen-bond acceptors (Lipinski definition) is 2. The minimum Gasteiger partial charge on any atom is -0.495 e. The van der Waals surface area contributed by atoms with Crippen LogP contribution in [-0.2, 0) is 0 Å². The Morgan fingerprint density at radius 3 is 2.24 bits per heavy atom. The smallest absolute Gasteiger partial charge is 0.141 e. The zero-order chi connectivity index (χ0) is 17.5. The van der Waals surface area contributed by atoms with Gasteiger partial charge in [0.05, 0.1) is 12.8 Å². The van der Waals surface area contributed by atoms with Crippen LogP contribution >= 0.6 is 0 Å². The third-order valence-electron chi connectivity index (χ3n) is 4.08. The van der Waals surface area contributed by atoms with Crippen molar-refractivity contribution >= 4 is 11.8 Å². The third-order valence-corrected chi connectivity index (χ3v) is 4.08. The molecule has 0 aliphatic rings. The van der Waals surface area contributed by atoms with E-state index in [-0.39, 0.29) is 0 Å². The second kappa shape index (κ2) is 8.20. The highest BCUT2D eigenvalue weighted by Crippen LogP contribution is 2.30. The zero-order valence-electron chi connectivity index (χ0n) is 14.7. The number of nitrogens with one attached hydrogen (secondary N) is 1. The van der Waals surface area contributed by atoms with Crippen molar-refractivity contribution in [1.82, 2.24) is 0 Å². The van der Waals surface area contributed by atoms with Crippen molar-refractivity contribution in [3.05, 3.63) is 90.0 Å². The summed E-state index contributed by atoms with van der Waals surface area (Å²) >= 11 is 0. The molecule has 2 nitrogen and oxygen atoms in total. The predicted molar refractivity (Wildman–Crippen MR) is 107 cm³/mol. The number of anilines is 1. The number of benzene rings is 3. The van der Waals surface area contributed by atoms with Crippen molar-refractivity contribution in [3.8, 4) is 16.9 Å². The topological polar surface area (TPSA) is 21.3 Å². The number of hydrogen-bond donors (Lipinski definition) is 1. The molecule has 0 radical (unpaired) electrons. The van der Waals surface area contributed by atoms with E-state index in [0.717, 1.165) is 18.0 Å². The highest BCUT2D eigenvalue weighted by Gasteiger charge is 2.06. The summed E-state index contributed by atoms with van der Waals surface area (Å²) in [6.07, 6.45) is 2.19. The highest BCUT2D eigenvalue weighted by molar-refractivity contribution is 5.72. The van der Waals surface area contributed by atoms with E-state index >= 15 is 0 Å². The summed E-state index contributed by atoms with van der Waals surface area (Å²) in [6.45, 7) is 2.90. The SMILES string of the molecule is COc1ccc(-c2ccccc2)cc1NCC(C)=Cc1ccccc1. The largest absolute Gasteiger partial charge is 0.495 e. The molecule has 126 valence electrons. The summed E-state index contributed by atoms with van der Waals surface area (Å²) in [6, 6.07) is 27.0. The lowest BCUT2D eigenvalue weighted by atomic mass is 10.0. The molecule has 3 rings (SSSR count). The minimum atomic E-state index is 0.767. The van der Waals surface area contributed by atoms with Gasteiger partial charge in [0.25, 0.3) is 0 Å². The molecule has 25 heavy (non-hydrogen) atoms. The first-order valence-corrected chi connectivity index (χ1v) is 8.46. The molecule has 0 amide bonds. The average Bonchev–Trinajstić information content (AvgIpc) is 2.67. The van der Waals surface area contributed by atoms with Gasteiger partial charge in [0.2, 0.25) is 0 Å². The van der Waals surface area contributed by atoms with E-state index in [1.807, 2.05) is 18.2 Å². The molecule has 3 aromatic rings. The van der Waals surface area contributed by atoms with Crippen molar-refractivity contribution in [2.75, 3.05) is 19.0 Å². The van der Waals surface area contributed by atoms with Crippen LogP contribution in [0.2, 0.25) is 0 Å². The molecule has 0 bridgehead atoms. The number of rotatable bonds is 6. The monoisotopic (exact) mass is 329 g/mol. The fourth-order valence-electron chi connectivity index (χ4n) is 2.78. The van der Waals surface area contributed by atoms with Gasteiger partial charge in [-0.25, -0.2) is 0 Å². The Labute approximate surface area is 149 Å². The molecule has 0 aromatic heterocycles. The van der Waals surface area contributed by atoms with Gasteiger partial charge < -0.3 is 10.1 Å². The van der Waals surface area contributed by atoms with Gasteiger partial charge in [-0.2, -0.15) is 0 Å². The predicted octanol–water partition coefficient (Wildman–Crippen LogP) is 5.88. The van der Waals surface area contributed by atoms with Gasteiger partial charge in [-0.05, 0) is 35.7 Å². The molecule has 3 aromatic carbocycles. The lowest BCUT2D eigenvalue weighted by Crippen LogP contribution is -2.04. The van der Waals surface area contributed by atoms with Crippen LogP contribution in [0.1, 0.15) is 12.5 Å². The third kappa shape index (κ3) is 4.51. The van der Waals surface area contributed by atoms with Crippen molar-refractivity contribution < 1.29 is 4.74 Å². The minimum absolute atomic E-state index is 0.767. The van der Waals surface area contributed by atoms with Gasteiger partial charge in [-0.15, -0.1) is 0 Å². The molecule has 0 spiro atoms. The highest BCUT2D eigenvalue weighted by atomic mass is 16.5. The maximum Gasteiger partial charge on any atom is 0.141 e. The Bertz CT molecular complexity index is 838. The summed E-state index contributed by atoms with van der Waals surface area (Å²) in [5.41, 5.74) is 5.85. The molecule has 0 atom stereocenters. The maximum absolute atomic E-state index is 5.50. The molecule has 0 unspecified atom stereocenters. The Kier molecular flexibility index (Phi) is 5.53. The summed E-state index contributed by atoms with van der Waals surface area (Å²) < 4.78 is 5.50. The van der Waals surface area contributed by atoms with E-state index in [1.165, 1.54) is 22.3 Å². The quantitative estimate of drug-likeness (QED) is 0.610. The first kappa shape index (κ1) is 16.8. The van der Waals surface area contributed by atoms with E-state index in [9.17, 15) is 0 Å². The normalized spacial score (nSPS) is 11.2. The van der Waals surface area contributed by atoms with Crippen LogP contribution in [0.3, 0.4) is 0 Å². The Morgan fingerprint density at radius 2 is 1.56 bits per heavy atom. The molecule has 0 saturated carbocycles. The fraction of sp³-hybridized carbons (Fsp3) is 0.130. The van der Waals surface area contributed by atoms with E-state index in [1.54, 1.807) is 7.11 Å². The maximum atomic E-state index is 5.50. The first-order valence-electron chi connectivity index (χ1n) is 8.46. The van der Waals surface area contributed by atoms with Crippen molar-refractivity contribution in [1.29, 1.82) is 0 Å². The Morgan fingerprint density at radius 1 is 0.880 bits per heavy atom. The fourth-order valence-corrected chi connectivity index (χ4v) is 2.78. The van der Waals surface area contributed by atoms with Gasteiger partial charge in [0, 0.05) is 6.54 Å². The van der Waals surface area contributed by atoms with Crippen LogP contribution in [-0.4, -0.2) is 13.7 Å². The standard InChI is InChI=1S/C23H23NO/c1-18(15-19-9-5-3-6-10-19)17-24-22-16-21(13-14-23(22)25-2)20-11-7-4-8-12-20/h3-16,24H,17H2,1-2H3. The van der Waals surface area contributed by atoms with Crippen molar-refractivity contribution in [3.63, 3.8) is 0 Å². The van der Waals surface area contributed by atoms with E-state index in [4.69, 9.17) is 4.74 Å². The van der Waals surface area contributed by atoms with Gasteiger partial charge in [0.15, 0.2) is 0 Å². The lowest BCUT2D eigenvalue weighted by Gasteiger charge is -2.13. The second-order valence-electron chi connectivity index (χ2n) is 6.04.